The molecule has 1 aliphatic rings. The molecule has 1 N–H and O–H groups in total. The molecular weight excluding hydrogens is 250 g/mol. The highest BCUT2D eigenvalue weighted by Crippen LogP contribution is 2.20. The van der Waals surface area contributed by atoms with Gasteiger partial charge in [0.25, 0.3) is 0 Å². The van der Waals surface area contributed by atoms with Crippen LogP contribution in [0.1, 0.15) is 37.4 Å². The number of hydrogen-bond acceptors (Lipinski definition) is 4. The topological polar surface area (TPSA) is 37.4 Å². The zero-order chi connectivity index (χ0) is 14.4. The number of piperidine rings is 1. The van der Waals surface area contributed by atoms with E-state index in [1.165, 1.54) is 12.0 Å². The van der Waals surface area contributed by atoms with E-state index < -0.39 is 0 Å². The largest absolute Gasteiger partial charge is 0.380 e. The van der Waals surface area contributed by atoms with Crippen LogP contribution in [0.5, 0.6) is 0 Å². The highest BCUT2D eigenvalue weighted by Gasteiger charge is 2.20. The molecule has 4 heteroatoms. The maximum Gasteiger partial charge on any atom is 0.128 e. The predicted molar refractivity (Wildman–Crippen MR) is 83.2 cm³/mol. The lowest BCUT2D eigenvalue weighted by molar-refractivity contribution is 0.0891. The smallest absolute Gasteiger partial charge is 0.128 e. The van der Waals surface area contributed by atoms with Crippen LogP contribution in [0, 0.1) is 6.92 Å². The summed E-state index contributed by atoms with van der Waals surface area (Å²) < 4.78 is 5.48. The summed E-state index contributed by atoms with van der Waals surface area (Å²) in [6, 6.07) is 4.35. The number of aromatic nitrogens is 1. The normalized spacial score (nSPS) is 19.4. The van der Waals surface area contributed by atoms with Crippen molar-refractivity contribution in [2.24, 2.45) is 0 Å². The van der Waals surface area contributed by atoms with Gasteiger partial charge < -0.3 is 15.0 Å². The van der Waals surface area contributed by atoms with E-state index in [0.29, 0.717) is 6.10 Å². The molecule has 0 aliphatic carbocycles. The molecule has 0 radical (unpaired) electrons. The first-order chi connectivity index (χ1) is 9.74. The van der Waals surface area contributed by atoms with Crippen LogP contribution in [0.25, 0.3) is 0 Å². The average Bonchev–Trinajstić information content (AvgIpc) is 2.49. The summed E-state index contributed by atoms with van der Waals surface area (Å²) in [5.41, 5.74) is 2.42. The van der Waals surface area contributed by atoms with Gasteiger partial charge in [0.15, 0.2) is 0 Å². The number of aryl methyl sites for hydroxylation is 1. The second kappa shape index (κ2) is 7.60. The number of rotatable bonds is 6. The van der Waals surface area contributed by atoms with Crippen LogP contribution in [0.4, 0.5) is 5.82 Å². The van der Waals surface area contributed by atoms with E-state index in [2.05, 4.69) is 36.2 Å². The molecule has 1 fully saturated rings. The SMILES string of the molecule is CCCNCc1ccc(N2CCCC(OC)C2)nc1C. The first kappa shape index (κ1) is 15.3. The quantitative estimate of drug-likeness (QED) is 0.811. The van der Waals surface area contributed by atoms with E-state index >= 15 is 0 Å². The second-order valence-electron chi connectivity index (χ2n) is 5.54. The summed E-state index contributed by atoms with van der Waals surface area (Å²) in [4.78, 5) is 7.12. The van der Waals surface area contributed by atoms with Crippen LogP contribution in [0.2, 0.25) is 0 Å². The minimum absolute atomic E-state index is 0.344. The lowest BCUT2D eigenvalue weighted by atomic mass is 10.1. The van der Waals surface area contributed by atoms with Gasteiger partial charge in [-0.2, -0.15) is 0 Å². The van der Waals surface area contributed by atoms with Crippen molar-refractivity contribution in [1.29, 1.82) is 0 Å². The summed E-state index contributed by atoms with van der Waals surface area (Å²) in [6.07, 6.45) is 3.84. The summed E-state index contributed by atoms with van der Waals surface area (Å²) in [7, 11) is 1.80. The minimum Gasteiger partial charge on any atom is -0.380 e. The average molecular weight is 277 g/mol. The maximum atomic E-state index is 5.48. The molecule has 0 aromatic carbocycles. The number of nitrogens with zero attached hydrogens (tertiary/aromatic N) is 2. The molecule has 2 heterocycles. The fourth-order valence-corrected chi connectivity index (χ4v) is 2.68. The standard InChI is InChI=1S/C16H27N3O/c1-4-9-17-11-14-7-8-16(18-13(14)2)19-10-5-6-15(12-19)20-3/h7-8,15,17H,4-6,9-12H2,1-3H3. The van der Waals surface area contributed by atoms with E-state index in [-0.39, 0.29) is 0 Å². The van der Waals surface area contributed by atoms with E-state index in [9.17, 15) is 0 Å². The molecule has 2 rings (SSSR count). The summed E-state index contributed by atoms with van der Waals surface area (Å²) >= 11 is 0. The Bertz CT molecular complexity index is 422. The summed E-state index contributed by atoms with van der Waals surface area (Å²) in [5, 5.41) is 3.43. The van der Waals surface area contributed by atoms with Crippen molar-refractivity contribution >= 4 is 5.82 Å². The van der Waals surface area contributed by atoms with Gasteiger partial charge in [-0.15, -0.1) is 0 Å². The first-order valence-electron chi connectivity index (χ1n) is 7.69. The molecule has 0 saturated carbocycles. The minimum atomic E-state index is 0.344. The predicted octanol–water partition coefficient (Wildman–Crippen LogP) is 2.50. The molecule has 1 unspecified atom stereocenters. The Hall–Kier alpha value is -1.13. The summed E-state index contributed by atoms with van der Waals surface area (Å²) in [5.74, 6) is 1.09. The van der Waals surface area contributed by atoms with E-state index in [0.717, 1.165) is 50.5 Å². The summed E-state index contributed by atoms with van der Waals surface area (Å²) in [6.45, 7) is 8.29. The van der Waals surface area contributed by atoms with Crippen molar-refractivity contribution in [3.63, 3.8) is 0 Å². The number of methoxy groups -OCH3 is 1. The Balaban J connectivity index is 2.00. The molecule has 0 amide bonds. The Kier molecular flexibility index (Phi) is 5.80. The van der Waals surface area contributed by atoms with Crippen LogP contribution in [0.15, 0.2) is 12.1 Å². The monoisotopic (exact) mass is 277 g/mol. The van der Waals surface area contributed by atoms with Crippen LogP contribution < -0.4 is 10.2 Å². The zero-order valence-corrected chi connectivity index (χ0v) is 13.0. The van der Waals surface area contributed by atoms with Crippen molar-refractivity contribution in [3.05, 3.63) is 23.4 Å². The van der Waals surface area contributed by atoms with Crippen LogP contribution in [0.3, 0.4) is 0 Å². The molecule has 0 spiro atoms. The molecule has 0 bridgehead atoms. The number of anilines is 1. The molecule has 1 aromatic rings. The lowest BCUT2D eigenvalue weighted by Gasteiger charge is -2.33. The fourth-order valence-electron chi connectivity index (χ4n) is 2.68. The molecule has 1 aromatic heterocycles. The van der Waals surface area contributed by atoms with Gasteiger partial charge in [-0.25, -0.2) is 4.98 Å². The van der Waals surface area contributed by atoms with Gasteiger partial charge in [0.05, 0.1) is 6.10 Å². The molecule has 4 nitrogen and oxygen atoms in total. The van der Waals surface area contributed by atoms with Crippen molar-refractivity contribution < 1.29 is 4.74 Å². The second-order valence-corrected chi connectivity index (χ2v) is 5.54. The van der Waals surface area contributed by atoms with Crippen LogP contribution >= 0.6 is 0 Å². The Morgan fingerprint density at radius 2 is 2.30 bits per heavy atom. The molecule has 1 atom stereocenters. The van der Waals surface area contributed by atoms with Crippen molar-refractivity contribution in [3.8, 4) is 0 Å². The van der Waals surface area contributed by atoms with Crippen molar-refractivity contribution in [2.75, 3.05) is 31.6 Å². The third-order valence-electron chi connectivity index (χ3n) is 3.96. The van der Waals surface area contributed by atoms with Gasteiger partial charge in [0, 0.05) is 32.4 Å². The Morgan fingerprint density at radius 1 is 1.45 bits per heavy atom. The van der Waals surface area contributed by atoms with Gasteiger partial charge in [-0.05, 0) is 44.4 Å². The van der Waals surface area contributed by atoms with Gasteiger partial charge in [0.1, 0.15) is 5.82 Å². The molecular formula is C16H27N3O. The number of nitrogens with one attached hydrogen (secondary N) is 1. The molecule has 1 saturated heterocycles. The molecule has 1 aliphatic heterocycles. The Morgan fingerprint density at radius 3 is 3.00 bits per heavy atom. The van der Waals surface area contributed by atoms with Gasteiger partial charge in [-0.3, -0.25) is 0 Å². The lowest BCUT2D eigenvalue weighted by Crippen LogP contribution is -2.39. The van der Waals surface area contributed by atoms with Gasteiger partial charge in [-0.1, -0.05) is 13.0 Å². The number of hydrogen-bond donors (Lipinski definition) is 1. The van der Waals surface area contributed by atoms with E-state index in [1.54, 1.807) is 7.11 Å². The van der Waals surface area contributed by atoms with E-state index in [1.807, 2.05) is 0 Å². The third kappa shape index (κ3) is 3.93. The highest BCUT2D eigenvalue weighted by molar-refractivity contribution is 5.42. The third-order valence-corrected chi connectivity index (χ3v) is 3.96. The molecule has 112 valence electrons. The van der Waals surface area contributed by atoms with Crippen molar-refractivity contribution in [1.82, 2.24) is 10.3 Å². The van der Waals surface area contributed by atoms with Gasteiger partial charge in [0.2, 0.25) is 0 Å². The van der Waals surface area contributed by atoms with Crippen molar-refractivity contribution in [2.45, 2.75) is 45.8 Å². The maximum absolute atomic E-state index is 5.48. The highest BCUT2D eigenvalue weighted by atomic mass is 16.5. The number of pyridine rings is 1. The fraction of sp³-hybridized carbons (Fsp3) is 0.688. The Labute approximate surface area is 122 Å². The van der Waals surface area contributed by atoms with E-state index in [4.69, 9.17) is 9.72 Å². The molecule has 20 heavy (non-hydrogen) atoms. The zero-order valence-electron chi connectivity index (χ0n) is 13.0. The van der Waals surface area contributed by atoms with Gasteiger partial charge >= 0.3 is 0 Å². The first-order valence-corrected chi connectivity index (χ1v) is 7.69. The van der Waals surface area contributed by atoms with Crippen LogP contribution in [-0.4, -0.2) is 37.8 Å². The van der Waals surface area contributed by atoms with Crippen LogP contribution in [-0.2, 0) is 11.3 Å². The number of ether oxygens (including phenoxy) is 1.